The topological polar surface area (TPSA) is 63.7 Å². The average Bonchev–Trinajstić information content (AvgIpc) is 3.26. The molecule has 0 bridgehead atoms. The van der Waals surface area contributed by atoms with Gasteiger partial charge in [0.1, 0.15) is 5.75 Å². The summed E-state index contributed by atoms with van der Waals surface area (Å²) < 4.78 is 28.2. The Bertz CT molecular complexity index is 606. The lowest BCUT2D eigenvalue weighted by atomic mass is 10.2. The number of carbonyl (C=O) groups excluding carboxylic acids is 1. The van der Waals surface area contributed by atoms with Crippen molar-refractivity contribution in [3.63, 3.8) is 0 Å². The van der Waals surface area contributed by atoms with Crippen molar-refractivity contribution in [3.8, 4) is 5.75 Å². The Morgan fingerprint density at radius 1 is 1.27 bits per heavy atom. The number of benzene rings is 1. The zero-order chi connectivity index (χ0) is 16.2. The molecule has 0 N–H and O–H groups in total. The normalized spacial score (nSPS) is 14.6. The summed E-state index contributed by atoms with van der Waals surface area (Å²) in [6.07, 6.45) is 4.79. The Balaban J connectivity index is 1.68. The van der Waals surface area contributed by atoms with E-state index in [0.29, 0.717) is 31.1 Å². The van der Waals surface area contributed by atoms with Crippen LogP contribution in [0.25, 0.3) is 0 Å². The highest BCUT2D eigenvalue weighted by Crippen LogP contribution is 2.29. The van der Waals surface area contributed by atoms with Gasteiger partial charge in [0.05, 0.1) is 11.5 Å². The first-order valence-electron chi connectivity index (χ1n) is 7.53. The minimum Gasteiger partial charge on any atom is -0.494 e. The van der Waals surface area contributed by atoms with E-state index in [1.165, 1.54) is 31.2 Å². The highest BCUT2D eigenvalue weighted by atomic mass is 32.2. The minimum atomic E-state index is -3.18. The fraction of sp³-hybridized carbons (Fsp3) is 0.562. The molecule has 0 radical (unpaired) electrons. The van der Waals surface area contributed by atoms with Crippen LogP contribution in [0.2, 0.25) is 0 Å². The molecule has 1 aromatic rings. The number of ether oxygens (including phenoxy) is 1. The van der Waals surface area contributed by atoms with Crippen LogP contribution in [-0.4, -0.2) is 45.7 Å². The molecule has 1 aromatic carbocycles. The molecule has 0 aromatic heterocycles. The van der Waals surface area contributed by atoms with Gasteiger partial charge in [-0.05, 0) is 49.4 Å². The van der Waals surface area contributed by atoms with E-state index in [4.69, 9.17) is 4.74 Å². The average molecular weight is 325 g/mol. The molecular weight excluding hydrogens is 302 g/mol. The van der Waals surface area contributed by atoms with Gasteiger partial charge in [-0.2, -0.15) is 0 Å². The van der Waals surface area contributed by atoms with E-state index in [1.54, 1.807) is 17.0 Å². The van der Waals surface area contributed by atoms with Crippen LogP contribution >= 0.6 is 0 Å². The SMILES string of the molecule is CN(CC1CC1)C(=O)CCCOc1ccc(S(C)(=O)=O)cc1. The first-order chi connectivity index (χ1) is 10.4. The predicted octanol–water partition coefficient (Wildman–Crippen LogP) is 2.12. The van der Waals surface area contributed by atoms with Gasteiger partial charge in [0.15, 0.2) is 9.84 Å². The van der Waals surface area contributed by atoms with Gasteiger partial charge in [0, 0.05) is 26.3 Å². The van der Waals surface area contributed by atoms with Gasteiger partial charge in [-0.3, -0.25) is 4.79 Å². The van der Waals surface area contributed by atoms with Crippen LogP contribution in [0.3, 0.4) is 0 Å². The third-order valence-electron chi connectivity index (χ3n) is 3.71. The lowest BCUT2D eigenvalue weighted by molar-refractivity contribution is -0.130. The van der Waals surface area contributed by atoms with Gasteiger partial charge >= 0.3 is 0 Å². The number of sulfone groups is 1. The van der Waals surface area contributed by atoms with Crippen molar-refractivity contribution < 1.29 is 17.9 Å². The highest BCUT2D eigenvalue weighted by Gasteiger charge is 2.24. The van der Waals surface area contributed by atoms with Crippen molar-refractivity contribution in [2.45, 2.75) is 30.6 Å². The highest BCUT2D eigenvalue weighted by molar-refractivity contribution is 7.90. The van der Waals surface area contributed by atoms with E-state index in [9.17, 15) is 13.2 Å². The standard InChI is InChI=1S/C16H23NO4S/c1-17(12-13-5-6-13)16(18)4-3-11-21-14-7-9-15(10-8-14)22(2,19)20/h7-10,13H,3-6,11-12H2,1-2H3. The van der Waals surface area contributed by atoms with Crippen LogP contribution in [0.5, 0.6) is 5.75 Å². The smallest absolute Gasteiger partial charge is 0.222 e. The minimum absolute atomic E-state index is 0.155. The van der Waals surface area contributed by atoms with Crippen molar-refractivity contribution in [2.75, 3.05) is 26.5 Å². The van der Waals surface area contributed by atoms with Gasteiger partial charge in [-0.1, -0.05) is 0 Å². The van der Waals surface area contributed by atoms with Crippen LogP contribution in [0, 0.1) is 5.92 Å². The second-order valence-electron chi connectivity index (χ2n) is 5.91. The molecule has 1 aliphatic carbocycles. The van der Waals surface area contributed by atoms with E-state index >= 15 is 0 Å². The van der Waals surface area contributed by atoms with E-state index in [0.717, 1.165) is 6.54 Å². The summed E-state index contributed by atoms with van der Waals surface area (Å²) in [5, 5.41) is 0. The number of amides is 1. The van der Waals surface area contributed by atoms with Gasteiger partial charge in [-0.25, -0.2) is 8.42 Å². The first-order valence-corrected chi connectivity index (χ1v) is 9.42. The van der Waals surface area contributed by atoms with E-state index < -0.39 is 9.84 Å². The second-order valence-corrected chi connectivity index (χ2v) is 7.93. The molecule has 5 nitrogen and oxygen atoms in total. The molecule has 2 rings (SSSR count). The summed E-state index contributed by atoms with van der Waals surface area (Å²) in [5.41, 5.74) is 0. The zero-order valence-corrected chi connectivity index (χ0v) is 13.9. The van der Waals surface area contributed by atoms with E-state index in [2.05, 4.69) is 0 Å². The zero-order valence-electron chi connectivity index (χ0n) is 13.1. The Hall–Kier alpha value is -1.56. The third-order valence-corrected chi connectivity index (χ3v) is 4.84. The quantitative estimate of drug-likeness (QED) is 0.687. The summed E-state index contributed by atoms with van der Waals surface area (Å²) in [5.74, 6) is 1.48. The molecule has 6 heteroatoms. The fourth-order valence-electron chi connectivity index (χ4n) is 2.18. The Kier molecular flexibility index (Phi) is 5.45. The largest absolute Gasteiger partial charge is 0.494 e. The molecule has 22 heavy (non-hydrogen) atoms. The summed E-state index contributed by atoms with van der Waals surface area (Å²) in [7, 11) is -1.32. The molecule has 0 heterocycles. The molecule has 0 unspecified atom stereocenters. The summed E-state index contributed by atoms with van der Waals surface area (Å²) >= 11 is 0. The molecule has 122 valence electrons. The fourth-order valence-corrected chi connectivity index (χ4v) is 2.81. The van der Waals surface area contributed by atoms with Gasteiger partial charge in [-0.15, -0.1) is 0 Å². The van der Waals surface area contributed by atoms with Crippen LogP contribution in [0.4, 0.5) is 0 Å². The molecule has 0 atom stereocenters. The monoisotopic (exact) mass is 325 g/mol. The molecule has 0 spiro atoms. The Morgan fingerprint density at radius 3 is 2.45 bits per heavy atom. The van der Waals surface area contributed by atoms with Crippen molar-refractivity contribution in [1.82, 2.24) is 4.90 Å². The Labute approximate surface area is 132 Å². The predicted molar refractivity (Wildman–Crippen MR) is 84.6 cm³/mol. The summed E-state index contributed by atoms with van der Waals surface area (Å²) in [4.78, 5) is 14.0. The van der Waals surface area contributed by atoms with Crippen LogP contribution in [0.15, 0.2) is 29.2 Å². The number of hydrogen-bond donors (Lipinski definition) is 0. The van der Waals surface area contributed by atoms with Crippen molar-refractivity contribution in [3.05, 3.63) is 24.3 Å². The first kappa shape index (κ1) is 16.8. The van der Waals surface area contributed by atoms with Crippen molar-refractivity contribution in [2.24, 2.45) is 5.92 Å². The maximum Gasteiger partial charge on any atom is 0.222 e. The molecule has 1 fully saturated rings. The van der Waals surface area contributed by atoms with Gasteiger partial charge in [0.2, 0.25) is 5.91 Å². The number of nitrogens with zero attached hydrogens (tertiary/aromatic N) is 1. The molecule has 0 saturated heterocycles. The van der Waals surface area contributed by atoms with Crippen LogP contribution in [0.1, 0.15) is 25.7 Å². The number of rotatable bonds is 8. The van der Waals surface area contributed by atoms with E-state index in [1.807, 2.05) is 7.05 Å². The summed E-state index contributed by atoms with van der Waals surface area (Å²) in [6, 6.07) is 6.33. The third kappa shape index (κ3) is 5.33. The van der Waals surface area contributed by atoms with E-state index in [-0.39, 0.29) is 10.8 Å². The van der Waals surface area contributed by atoms with Gasteiger partial charge < -0.3 is 9.64 Å². The maximum atomic E-state index is 11.9. The lowest BCUT2D eigenvalue weighted by Crippen LogP contribution is -2.28. The van der Waals surface area contributed by atoms with Crippen molar-refractivity contribution in [1.29, 1.82) is 0 Å². The molecular formula is C16H23NO4S. The maximum absolute atomic E-state index is 11.9. The Morgan fingerprint density at radius 2 is 1.91 bits per heavy atom. The summed E-state index contributed by atoms with van der Waals surface area (Å²) in [6.45, 7) is 1.31. The van der Waals surface area contributed by atoms with Crippen molar-refractivity contribution >= 4 is 15.7 Å². The van der Waals surface area contributed by atoms with Crippen LogP contribution < -0.4 is 4.74 Å². The molecule has 1 aliphatic rings. The lowest BCUT2D eigenvalue weighted by Gasteiger charge is -2.16. The second kappa shape index (κ2) is 7.13. The molecule has 1 saturated carbocycles. The van der Waals surface area contributed by atoms with Gasteiger partial charge in [0.25, 0.3) is 0 Å². The molecule has 0 aliphatic heterocycles. The number of carbonyl (C=O) groups is 1. The molecule has 1 amide bonds. The number of hydrogen-bond acceptors (Lipinski definition) is 4. The van der Waals surface area contributed by atoms with Crippen LogP contribution in [-0.2, 0) is 14.6 Å².